The third kappa shape index (κ3) is 4.95. The molecule has 0 aliphatic rings. The van der Waals surface area contributed by atoms with Crippen LogP contribution in [0, 0.1) is 20.8 Å². The summed E-state index contributed by atoms with van der Waals surface area (Å²) >= 11 is 1.80. The van der Waals surface area contributed by atoms with Gasteiger partial charge >= 0.3 is 0 Å². The maximum atomic E-state index is 5.67. The van der Waals surface area contributed by atoms with Gasteiger partial charge in [0.15, 0.2) is 12.0 Å². The van der Waals surface area contributed by atoms with E-state index in [1.807, 2.05) is 37.3 Å². The summed E-state index contributed by atoms with van der Waals surface area (Å²) in [6.45, 7) is 6.17. The number of nitrogens with zero attached hydrogens (tertiary/aromatic N) is 1. The van der Waals surface area contributed by atoms with Crippen LogP contribution >= 0.6 is 11.3 Å². The Labute approximate surface area is 184 Å². The largest absolute Gasteiger partial charge is 0.464 e. The number of aryl methyl sites for hydroxylation is 3. The second kappa shape index (κ2) is 9.06. The molecule has 5 heteroatoms. The van der Waals surface area contributed by atoms with Crippen molar-refractivity contribution in [2.75, 3.05) is 5.73 Å². The van der Waals surface area contributed by atoms with Gasteiger partial charge in [0.05, 0.1) is 12.0 Å². The molecule has 0 aliphatic heterocycles. The van der Waals surface area contributed by atoms with E-state index in [-0.39, 0.29) is 0 Å². The molecule has 0 fully saturated rings. The Bertz CT molecular complexity index is 1370. The van der Waals surface area contributed by atoms with E-state index >= 15 is 0 Å². The van der Waals surface area contributed by atoms with Crippen LogP contribution in [0.5, 0.6) is 0 Å². The third-order valence-corrected chi connectivity index (χ3v) is 5.72. The van der Waals surface area contributed by atoms with E-state index in [1.54, 1.807) is 17.6 Å². The van der Waals surface area contributed by atoms with Gasteiger partial charge in [-0.25, -0.2) is 4.98 Å². The predicted octanol–water partition coefficient (Wildman–Crippen LogP) is 7.67. The normalized spacial score (nSPS) is 10.5. The zero-order chi connectivity index (χ0) is 21.8. The molecule has 3 heterocycles. The number of hydrogen-bond donors (Lipinski definition) is 1. The number of oxazole rings is 1. The highest BCUT2D eigenvalue weighted by atomic mass is 32.1. The summed E-state index contributed by atoms with van der Waals surface area (Å²) in [6.07, 6.45) is 3.12. The van der Waals surface area contributed by atoms with E-state index in [4.69, 9.17) is 14.6 Å². The van der Waals surface area contributed by atoms with Gasteiger partial charge in [0.25, 0.3) is 0 Å². The zero-order valence-corrected chi connectivity index (χ0v) is 18.6. The summed E-state index contributed by atoms with van der Waals surface area (Å²) < 4.78 is 11.6. The topological polar surface area (TPSA) is 65.2 Å². The van der Waals surface area contributed by atoms with Crippen molar-refractivity contribution in [2.45, 2.75) is 20.8 Å². The molecule has 0 spiro atoms. The van der Waals surface area contributed by atoms with Crippen LogP contribution in [0.2, 0.25) is 0 Å². The molecule has 0 radical (unpaired) electrons. The van der Waals surface area contributed by atoms with Crippen LogP contribution in [0.25, 0.3) is 32.2 Å². The predicted molar refractivity (Wildman–Crippen MR) is 131 cm³/mol. The fourth-order valence-corrected chi connectivity index (χ4v) is 4.08. The SMILES string of the molecule is Cc1cc(N)c2ocnc2c1.Cc1ccc2occc2c1.Cc1ccc2sccc2c1. The first-order chi connectivity index (χ1) is 15.0. The van der Waals surface area contributed by atoms with Crippen molar-refractivity contribution < 1.29 is 8.83 Å². The maximum Gasteiger partial charge on any atom is 0.182 e. The van der Waals surface area contributed by atoms with E-state index in [0.717, 1.165) is 16.7 Å². The van der Waals surface area contributed by atoms with Gasteiger partial charge in [-0.3, -0.25) is 0 Å². The summed E-state index contributed by atoms with van der Waals surface area (Å²) in [5.41, 5.74) is 12.5. The lowest BCUT2D eigenvalue weighted by Gasteiger charge is -1.94. The molecule has 0 atom stereocenters. The number of anilines is 1. The number of nitrogen functional groups attached to an aromatic ring is 1. The molecule has 0 saturated carbocycles. The molecule has 3 aromatic heterocycles. The molecule has 31 heavy (non-hydrogen) atoms. The number of furan rings is 1. The second-order valence-corrected chi connectivity index (χ2v) is 8.43. The Morgan fingerprint density at radius 2 is 1.55 bits per heavy atom. The molecule has 0 saturated heterocycles. The second-order valence-electron chi connectivity index (χ2n) is 7.48. The van der Waals surface area contributed by atoms with Gasteiger partial charge in [-0.05, 0) is 79.6 Å². The van der Waals surface area contributed by atoms with Gasteiger partial charge in [-0.15, -0.1) is 11.3 Å². The Kier molecular flexibility index (Phi) is 6.05. The number of thiophene rings is 1. The molecule has 0 aliphatic carbocycles. The average Bonchev–Trinajstić information content (AvgIpc) is 3.48. The van der Waals surface area contributed by atoms with Gasteiger partial charge < -0.3 is 14.6 Å². The molecule has 6 aromatic rings. The van der Waals surface area contributed by atoms with Crippen molar-refractivity contribution in [3.8, 4) is 0 Å². The highest BCUT2D eigenvalue weighted by Crippen LogP contribution is 2.22. The maximum absolute atomic E-state index is 5.67. The van der Waals surface area contributed by atoms with Crippen molar-refractivity contribution in [3.05, 3.63) is 95.4 Å². The van der Waals surface area contributed by atoms with Crippen LogP contribution in [-0.2, 0) is 0 Å². The number of benzene rings is 3. The van der Waals surface area contributed by atoms with Crippen molar-refractivity contribution >= 4 is 49.2 Å². The van der Waals surface area contributed by atoms with Gasteiger partial charge in [-0.2, -0.15) is 0 Å². The van der Waals surface area contributed by atoms with Gasteiger partial charge in [-0.1, -0.05) is 29.3 Å². The lowest BCUT2D eigenvalue weighted by molar-refractivity contribution is 0.603. The molecule has 0 bridgehead atoms. The number of hydrogen-bond acceptors (Lipinski definition) is 5. The average molecular weight is 429 g/mol. The summed E-state index contributed by atoms with van der Waals surface area (Å²) in [5, 5.41) is 4.68. The van der Waals surface area contributed by atoms with E-state index in [2.05, 4.69) is 54.5 Å². The van der Waals surface area contributed by atoms with Crippen molar-refractivity contribution in [1.82, 2.24) is 4.98 Å². The first-order valence-corrected chi connectivity index (χ1v) is 10.8. The Morgan fingerprint density at radius 3 is 2.39 bits per heavy atom. The zero-order valence-electron chi connectivity index (χ0n) is 17.8. The number of aromatic nitrogens is 1. The van der Waals surface area contributed by atoms with E-state index in [9.17, 15) is 0 Å². The minimum atomic E-state index is 0.650. The van der Waals surface area contributed by atoms with E-state index < -0.39 is 0 Å². The smallest absolute Gasteiger partial charge is 0.182 e. The van der Waals surface area contributed by atoms with Crippen LogP contribution in [0.1, 0.15) is 16.7 Å². The monoisotopic (exact) mass is 428 g/mol. The quantitative estimate of drug-likeness (QED) is 0.252. The molecule has 2 N–H and O–H groups in total. The van der Waals surface area contributed by atoms with E-state index in [0.29, 0.717) is 11.3 Å². The number of nitrogens with two attached hydrogens (primary N) is 1. The lowest BCUT2D eigenvalue weighted by Crippen LogP contribution is -1.86. The van der Waals surface area contributed by atoms with Gasteiger partial charge in [0.1, 0.15) is 11.1 Å². The molecule has 3 aromatic carbocycles. The summed E-state index contributed by atoms with van der Waals surface area (Å²) in [5.74, 6) is 0. The standard InChI is InChI=1S/C9H8O.C9H8S.C8H8N2O/c2*1-7-2-3-9-8(6-7)4-5-10-9;1-5-2-6(9)8-7(3-5)10-4-11-8/h2*2-6H,1H3;2-4H,9H2,1H3. The minimum absolute atomic E-state index is 0.650. The Morgan fingerprint density at radius 1 is 0.774 bits per heavy atom. The summed E-state index contributed by atoms with van der Waals surface area (Å²) in [7, 11) is 0. The fraction of sp³-hybridized carbons (Fsp3) is 0.115. The van der Waals surface area contributed by atoms with Gasteiger partial charge in [0, 0.05) is 10.1 Å². The van der Waals surface area contributed by atoms with Crippen LogP contribution in [0.15, 0.2) is 87.5 Å². The Hall–Kier alpha value is -3.57. The minimum Gasteiger partial charge on any atom is -0.464 e. The first kappa shape index (κ1) is 20.7. The summed E-state index contributed by atoms with van der Waals surface area (Å²) in [6, 6.07) is 20.6. The number of fused-ring (bicyclic) bond motifs is 3. The van der Waals surface area contributed by atoms with Gasteiger partial charge in [0.2, 0.25) is 0 Å². The molecular formula is C26H24N2O2S. The highest BCUT2D eigenvalue weighted by molar-refractivity contribution is 7.17. The molecule has 0 amide bonds. The van der Waals surface area contributed by atoms with Crippen LogP contribution in [-0.4, -0.2) is 4.98 Å². The van der Waals surface area contributed by atoms with Crippen LogP contribution < -0.4 is 5.73 Å². The molecular weight excluding hydrogens is 404 g/mol. The van der Waals surface area contributed by atoms with E-state index in [1.165, 1.54) is 33.0 Å². The van der Waals surface area contributed by atoms with Crippen LogP contribution in [0.3, 0.4) is 0 Å². The summed E-state index contributed by atoms with van der Waals surface area (Å²) in [4.78, 5) is 3.99. The highest BCUT2D eigenvalue weighted by Gasteiger charge is 2.02. The number of rotatable bonds is 0. The molecule has 4 nitrogen and oxygen atoms in total. The molecule has 6 rings (SSSR count). The van der Waals surface area contributed by atoms with Crippen molar-refractivity contribution in [1.29, 1.82) is 0 Å². The third-order valence-electron chi connectivity index (χ3n) is 4.82. The lowest BCUT2D eigenvalue weighted by atomic mass is 10.2. The molecule has 0 unspecified atom stereocenters. The first-order valence-electron chi connectivity index (χ1n) is 9.96. The Balaban J connectivity index is 0.000000112. The van der Waals surface area contributed by atoms with Crippen LogP contribution in [0.4, 0.5) is 5.69 Å². The molecule has 156 valence electrons. The fourth-order valence-electron chi connectivity index (χ4n) is 3.31. The van der Waals surface area contributed by atoms with Crippen molar-refractivity contribution in [2.24, 2.45) is 0 Å². The van der Waals surface area contributed by atoms with Crippen molar-refractivity contribution in [3.63, 3.8) is 0 Å².